The molecule has 74 valence electrons. The quantitative estimate of drug-likeness (QED) is 0.617. The van der Waals surface area contributed by atoms with Crippen LogP contribution in [0.4, 0.5) is 4.39 Å². The molecule has 3 aliphatic rings. The van der Waals surface area contributed by atoms with Gasteiger partial charge in [0, 0.05) is 5.41 Å². The van der Waals surface area contributed by atoms with Crippen LogP contribution >= 0.6 is 0 Å². The van der Waals surface area contributed by atoms with E-state index in [1.807, 2.05) is 0 Å². The fraction of sp³-hybridized carbons (Fsp3) is 0.900. The zero-order chi connectivity index (χ0) is 9.91. The predicted octanol–water partition coefficient (Wildman–Crippen LogP) is 2.08. The lowest BCUT2D eigenvalue weighted by Gasteiger charge is -2.71. The molecule has 0 unspecified atom stereocenters. The van der Waals surface area contributed by atoms with Gasteiger partial charge in [-0.15, -0.1) is 0 Å². The van der Waals surface area contributed by atoms with E-state index in [1.54, 1.807) is 13.8 Å². The van der Waals surface area contributed by atoms with Crippen molar-refractivity contribution in [2.24, 2.45) is 10.8 Å². The first-order chi connectivity index (χ1) is 5.85. The van der Waals surface area contributed by atoms with Gasteiger partial charge in [-0.1, -0.05) is 0 Å². The Morgan fingerprint density at radius 2 is 1.85 bits per heavy atom. The predicted molar refractivity (Wildman–Crippen MR) is 45.9 cm³/mol. The Labute approximate surface area is 77.5 Å². The summed E-state index contributed by atoms with van der Waals surface area (Å²) in [7, 11) is 1.40. The normalized spacial score (nSPS) is 41.8. The lowest BCUT2D eigenvalue weighted by molar-refractivity contribution is -0.266. The Morgan fingerprint density at radius 1 is 1.38 bits per heavy atom. The summed E-state index contributed by atoms with van der Waals surface area (Å²) < 4.78 is 18.3. The zero-order valence-corrected chi connectivity index (χ0v) is 8.32. The number of methoxy groups -OCH3 is 1. The van der Waals surface area contributed by atoms with Crippen LogP contribution < -0.4 is 0 Å². The minimum absolute atomic E-state index is 0.154. The molecule has 0 aromatic carbocycles. The molecule has 3 aliphatic carbocycles. The maximum Gasteiger partial charge on any atom is 0.311 e. The molecule has 0 aliphatic heterocycles. The molecule has 0 N–H and O–H groups in total. The number of esters is 1. The summed E-state index contributed by atoms with van der Waals surface area (Å²) in [6.45, 7) is 3.21. The summed E-state index contributed by atoms with van der Waals surface area (Å²) in [5, 5.41) is 0. The van der Waals surface area contributed by atoms with Gasteiger partial charge >= 0.3 is 5.97 Å². The lowest BCUT2D eigenvalue weighted by atomic mass is 9.31. The molecule has 2 nitrogen and oxygen atoms in total. The van der Waals surface area contributed by atoms with Crippen molar-refractivity contribution in [1.82, 2.24) is 0 Å². The molecule has 0 spiro atoms. The standard InChI is InChI=1S/C10H15FO2/c1-8(2,11)10-4-9(5-10,6-10)7(12)13-3/h4-6H2,1-3H3. The van der Waals surface area contributed by atoms with Crippen LogP contribution in [0, 0.1) is 10.8 Å². The number of rotatable bonds is 2. The van der Waals surface area contributed by atoms with Crippen LogP contribution in [0.3, 0.4) is 0 Å². The second kappa shape index (κ2) is 2.07. The molecule has 3 rings (SSSR count). The number of carbonyl (C=O) groups is 1. The maximum absolute atomic E-state index is 13.6. The van der Waals surface area contributed by atoms with Crippen LogP contribution in [0.5, 0.6) is 0 Å². The summed E-state index contributed by atoms with van der Waals surface area (Å²) in [4.78, 5) is 11.3. The van der Waals surface area contributed by atoms with Gasteiger partial charge in [0.2, 0.25) is 0 Å². The first kappa shape index (κ1) is 8.97. The van der Waals surface area contributed by atoms with Crippen molar-refractivity contribution in [2.45, 2.75) is 38.8 Å². The van der Waals surface area contributed by atoms with Gasteiger partial charge in [0.1, 0.15) is 5.67 Å². The molecule has 2 bridgehead atoms. The fourth-order valence-corrected chi connectivity index (χ4v) is 2.85. The van der Waals surface area contributed by atoms with Gasteiger partial charge in [-0.2, -0.15) is 0 Å². The van der Waals surface area contributed by atoms with Crippen LogP contribution in [0.15, 0.2) is 0 Å². The molecule has 0 aromatic heterocycles. The van der Waals surface area contributed by atoms with Crippen LogP contribution in [0.25, 0.3) is 0 Å². The number of ether oxygens (including phenoxy) is 1. The third kappa shape index (κ3) is 0.851. The molecule has 0 aromatic rings. The van der Waals surface area contributed by atoms with E-state index < -0.39 is 5.67 Å². The van der Waals surface area contributed by atoms with Crippen molar-refractivity contribution in [3.8, 4) is 0 Å². The summed E-state index contributed by atoms with van der Waals surface area (Å²) in [5.74, 6) is -0.154. The molecule has 13 heavy (non-hydrogen) atoms. The van der Waals surface area contributed by atoms with Gasteiger partial charge in [0.15, 0.2) is 0 Å². The Morgan fingerprint density at radius 3 is 2.15 bits per heavy atom. The molecule has 0 atom stereocenters. The van der Waals surface area contributed by atoms with Crippen molar-refractivity contribution >= 4 is 5.97 Å². The minimum atomic E-state index is -1.15. The van der Waals surface area contributed by atoms with Crippen LogP contribution in [0.1, 0.15) is 33.1 Å². The van der Waals surface area contributed by atoms with Crippen molar-refractivity contribution < 1.29 is 13.9 Å². The zero-order valence-electron chi connectivity index (χ0n) is 8.32. The van der Waals surface area contributed by atoms with Gasteiger partial charge < -0.3 is 4.74 Å². The van der Waals surface area contributed by atoms with Crippen LogP contribution in [0.2, 0.25) is 0 Å². The van der Waals surface area contributed by atoms with E-state index in [2.05, 4.69) is 0 Å². The molecule has 0 radical (unpaired) electrons. The van der Waals surface area contributed by atoms with E-state index in [-0.39, 0.29) is 16.8 Å². The minimum Gasteiger partial charge on any atom is -0.469 e. The number of alkyl halides is 1. The highest BCUT2D eigenvalue weighted by Crippen LogP contribution is 2.77. The summed E-state index contributed by atoms with van der Waals surface area (Å²) in [5.41, 5.74) is -1.68. The number of halogens is 1. The second-order valence-electron chi connectivity index (χ2n) is 5.06. The highest BCUT2D eigenvalue weighted by Gasteiger charge is 2.77. The largest absolute Gasteiger partial charge is 0.469 e. The van der Waals surface area contributed by atoms with Gasteiger partial charge in [0.25, 0.3) is 0 Å². The Kier molecular flexibility index (Phi) is 1.43. The average Bonchev–Trinajstić information content (AvgIpc) is 1.77. The van der Waals surface area contributed by atoms with E-state index in [0.717, 1.165) is 0 Å². The number of carbonyl (C=O) groups excluding carboxylic acids is 1. The number of hydrogen-bond donors (Lipinski definition) is 0. The average molecular weight is 186 g/mol. The van der Waals surface area contributed by atoms with Gasteiger partial charge in [0.05, 0.1) is 12.5 Å². The van der Waals surface area contributed by atoms with Crippen molar-refractivity contribution in [3.63, 3.8) is 0 Å². The topological polar surface area (TPSA) is 26.3 Å². The summed E-state index contributed by atoms with van der Waals surface area (Å²) in [6, 6.07) is 0. The molecule has 0 saturated heterocycles. The lowest BCUT2D eigenvalue weighted by Crippen LogP contribution is -2.71. The molecule has 0 amide bonds. The third-order valence-electron chi connectivity index (χ3n) is 3.91. The summed E-state index contributed by atoms with van der Waals surface area (Å²) in [6.07, 6.45) is 2.03. The first-order valence-electron chi connectivity index (χ1n) is 4.63. The van der Waals surface area contributed by atoms with E-state index in [0.29, 0.717) is 19.3 Å². The SMILES string of the molecule is COC(=O)C12CC(C(C)(C)F)(C1)C2. The van der Waals surface area contributed by atoms with Crippen LogP contribution in [-0.2, 0) is 9.53 Å². The molecule has 0 heterocycles. The second-order valence-corrected chi connectivity index (χ2v) is 5.06. The molecule has 3 fully saturated rings. The van der Waals surface area contributed by atoms with E-state index in [4.69, 9.17) is 4.74 Å². The van der Waals surface area contributed by atoms with E-state index in [9.17, 15) is 9.18 Å². The van der Waals surface area contributed by atoms with Crippen molar-refractivity contribution in [2.75, 3.05) is 7.11 Å². The first-order valence-corrected chi connectivity index (χ1v) is 4.63. The van der Waals surface area contributed by atoms with Crippen molar-refractivity contribution in [3.05, 3.63) is 0 Å². The molecule has 3 saturated carbocycles. The molecule has 3 heteroatoms. The monoisotopic (exact) mass is 186 g/mol. The smallest absolute Gasteiger partial charge is 0.311 e. The highest BCUT2D eigenvalue weighted by molar-refractivity contribution is 5.81. The fourth-order valence-electron chi connectivity index (χ4n) is 2.85. The Balaban J connectivity index is 2.04. The summed E-state index contributed by atoms with van der Waals surface area (Å²) >= 11 is 0. The van der Waals surface area contributed by atoms with E-state index in [1.165, 1.54) is 7.11 Å². The highest BCUT2D eigenvalue weighted by atomic mass is 19.1. The van der Waals surface area contributed by atoms with Crippen molar-refractivity contribution in [1.29, 1.82) is 0 Å². The Bertz CT molecular complexity index is 245. The maximum atomic E-state index is 13.6. The third-order valence-corrected chi connectivity index (χ3v) is 3.91. The van der Waals surface area contributed by atoms with E-state index >= 15 is 0 Å². The van der Waals surface area contributed by atoms with Crippen LogP contribution in [-0.4, -0.2) is 18.7 Å². The molecular formula is C10H15FO2. The van der Waals surface area contributed by atoms with Gasteiger partial charge in [-0.25, -0.2) is 4.39 Å². The number of hydrogen-bond acceptors (Lipinski definition) is 2. The molecular weight excluding hydrogens is 171 g/mol. The van der Waals surface area contributed by atoms with Gasteiger partial charge in [-0.3, -0.25) is 4.79 Å². The Hall–Kier alpha value is -0.600. The van der Waals surface area contributed by atoms with Gasteiger partial charge in [-0.05, 0) is 33.1 Å².